The maximum atomic E-state index is 13.4. The summed E-state index contributed by atoms with van der Waals surface area (Å²) in [5.74, 6) is 0.565. The van der Waals surface area contributed by atoms with Crippen LogP contribution in [0.4, 0.5) is 18.0 Å². The van der Waals surface area contributed by atoms with Crippen molar-refractivity contribution < 1.29 is 22.7 Å². The van der Waals surface area contributed by atoms with Gasteiger partial charge in [0.1, 0.15) is 6.54 Å². The number of rotatable bonds is 10. The average Bonchev–Trinajstić information content (AvgIpc) is 3.53. The predicted octanol–water partition coefficient (Wildman–Crippen LogP) is 6.44. The molecule has 42 heavy (non-hydrogen) atoms. The number of hydrogen-bond acceptors (Lipinski definition) is 6. The molecule has 0 saturated heterocycles. The molecule has 0 spiro atoms. The number of tetrazole rings is 1. The van der Waals surface area contributed by atoms with Crippen LogP contribution >= 0.6 is 0 Å². The van der Waals surface area contributed by atoms with Crippen LogP contribution < -0.4 is 4.74 Å². The number of halogens is 3. The molecule has 0 radical (unpaired) electrons. The van der Waals surface area contributed by atoms with Crippen molar-refractivity contribution in [3.05, 3.63) is 65.4 Å². The van der Waals surface area contributed by atoms with Gasteiger partial charge in [-0.15, -0.1) is 0 Å². The van der Waals surface area contributed by atoms with Gasteiger partial charge in [-0.2, -0.15) is 13.2 Å². The van der Waals surface area contributed by atoms with E-state index >= 15 is 0 Å². The number of aromatic nitrogens is 6. The van der Waals surface area contributed by atoms with Crippen LogP contribution in [-0.4, -0.2) is 78.1 Å². The Kier molecular flexibility index (Phi) is 9.63. The Bertz CT molecular complexity index is 1520. The molecule has 0 fully saturated rings. The van der Waals surface area contributed by atoms with Gasteiger partial charge in [0.25, 0.3) is 0 Å². The second kappa shape index (κ2) is 12.8. The summed E-state index contributed by atoms with van der Waals surface area (Å²) in [6.07, 6.45) is -2.99. The summed E-state index contributed by atoms with van der Waals surface area (Å²) in [6.45, 7) is 0.648. The molecule has 0 unspecified atom stereocenters. The SMILES string of the molecule is CCCCc1nn(CC(F)(F)F)c(OC(=O)N(C)C)c1Cc1ccc(-c2ccccc2-c2nnn[n]2[Sn]([CH3])([CH3])[CH3])cc1. The van der Waals surface area contributed by atoms with Gasteiger partial charge in [-0.05, 0) is 6.42 Å². The normalized spacial score (nSPS) is 12.0. The fourth-order valence-corrected chi connectivity index (χ4v) is 7.73. The Balaban J connectivity index is 1.72. The van der Waals surface area contributed by atoms with Gasteiger partial charge < -0.3 is 4.90 Å². The first-order chi connectivity index (χ1) is 19.8. The van der Waals surface area contributed by atoms with Gasteiger partial charge >= 0.3 is 185 Å². The second-order valence-corrected chi connectivity index (χ2v) is 25.0. The zero-order chi connectivity index (χ0) is 30.7. The summed E-state index contributed by atoms with van der Waals surface area (Å²) >= 11 is -2.67. The van der Waals surface area contributed by atoms with E-state index in [0.29, 0.717) is 17.7 Å². The molecule has 2 aromatic heterocycles. The van der Waals surface area contributed by atoms with Gasteiger partial charge in [0.05, 0.1) is 0 Å². The number of aryl methyl sites for hydroxylation is 1. The van der Waals surface area contributed by atoms with Crippen molar-refractivity contribution in [2.45, 2.75) is 60.1 Å². The van der Waals surface area contributed by atoms with Crippen LogP contribution in [0.2, 0.25) is 14.8 Å². The Morgan fingerprint density at radius 2 is 1.69 bits per heavy atom. The monoisotopic (exact) mass is 691 g/mol. The first-order valence-corrected chi connectivity index (χ1v) is 23.6. The van der Waals surface area contributed by atoms with Crippen molar-refractivity contribution in [3.8, 4) is 28.4 Å². The minimum absolute atomic E-state index is 0.174. The minimum atomic E-state index is -4.53. The Labute approximate surface area is 247 Å². The van der Waals surface area contributed by atoms with E-state index in [1.807, 2.05) is 58.4 Å². The van der Waals surface area contributed by atoms with Gasteiger partial charge in [0.2, 0.25) is 0 Å². The van der Waals surface area contributed by atoms with Crippen molar-refractivity contribution in [2.75, 3.05) is 14.1 Å². The Hall–Kier alpha value is -3.42. The van der Waals surface area contributed by atoms with Crippen molar-refractivity contribution in [2.24, 2.45) is 0 Å². The second-order valence-electron chi connectivity index (χ2n) is 11.4. The molecular weight excluding hydrogens is 654 g/mol. The summed E-state index contributed by atoms with van der Waals surface area (Å²) < 4.78 is 48.6. The predicted molar refractivity (Wildman–Crippen MR) is 157 cm³/mol. The quantitative estimate of drug-likeness (QED) is 0.178. The number of nitrogens with zero attached hydrogens (tertiary/aromatic N) is 7. The number of ether oxygens (including phenoxy) is 1. The van der Waals surface area contributed by atoms with Gasteiger partial charge in [0.15, 0.2) is 0 Å². The number of carbonyl (C=O) groups excluding carboxylic acids is 1. The molecule has 224 valence electrons. The van der Waals surface area contributed by atoms with E-state index in [-0.39, 0.29) is 12.3 Å². The fraction of sp³-hybridized carbons (Fsp3) is 0.414. The molecule has 9 nitrogen and oxygen atoms in total. The summed E-state index contributed by atoms with van der Waals surface area (Å²) in [5.41, 5.74) is 4.67. The number of alkyl halides is 3. The molecule has 0 aliphatic carbocycles. The van der Waals surface area contributed by atoms with Crippen LogP contribution in [0.5, 0.6) is 5.88 Å². The first-order valence-electron chi connectivity index (χ1n) is 13.8. The maximum absolute atomic E-state index is 13.4. The summed E-state index contributed by atoms with van der Waals surface area (Å²) in [6, 6.07) is 15.7. The van der Waals surface area contributed by atoms with Gasteiger partial charge in [-0.3, -0.25) is 0 Å². The fourth-order valence-electron chi connectivity index (χ4n) is 4.56. The Morgan fingerprint density at radius 3 is 2.29 bits per heavy atom. The number of amides is 1. The van der Waals surface area contributed by atoms with E-state index in [4.69, 9.17) is 4.74 Å². The van der Waals surface area contributed by atoms with Crippen LogP contribution in [0.15, 0.2) is 48.5 Å². The van der Waals surface area contributed by atoms with Gasteiger partial charge in [0, 0.05) is 14.1 Å². The standard InChI is InChI=1S/C26H27F3N7O2.3CH3.Sn/c1-4-5-10-22-21(24(38-25(37)35(2)3)36(32-22)16-26(27,28)29)15-17-11-13-18(14-12-17)19-8-6-7-9-20(19)23-30-33-34-31-23;;;;/h6-9,11-14H,4-5,10,15-16H2,1-3H3;3*1H3;/q-1;;;;+1. The average molecular weight is 690 g/mol. The zero-order valence-corrected chi connectivity index (χ0v) is 27.6. The van der Waals surface area contributed by atoms with E-state index < -0.39 is 37.5 Å². The molecule has 0 bridgehead atoms. The number of unbranched alkanes of at least 4 members (excludes halogenated alkanes) is 1. The van der Waals surface area contributed by atoms with E-state index in [2.05, 4.69) is 35.4 Å². The molecule has 2 heterocycles. The zero-order valence-electron chi connectivity index (χ0n) is 24.7. The summed E-state index contributed by atoms with van der Waals surface area (Å²) in [7, 11) is 2.95. The molecule has 0 aliphatic rings. The van der Waals surface area contributed by atoms with E-state index in [9.17, 15) is 18.0 Å². The van der Waals surface area contributed by atoms with E-state index in [1.165, 1.54) is 19.0 Å². The first kappa shape index (κ1) is 31.5. The van der Waals surface area contributed by atoms with Gasteiger partial charge in [-0.25, -0.2) is 4.79 Å². The molecule has 13 heteroatoms. The van der Waals surface area contributed by atoms with Crippen molar-refractivity contribution in [3.63, 3.8) is 0 Å². The molecule has 4 rings (SSSR count). The van der Waals surface area contributed by atoms with E-state index in [1.54, 1.807) is 0 Å². The van der Waals surface area contributed by atoms with Crippen molar-refractivity contribution >= 4 is 24.7 Å². The molecule has 0 N–H and O–H groups in total. The van der Waals surface area contributed by atoms with Crippen LogP contribution in [0.3, 0.4) is 0 Å². The number of carbonyl (C=O) groups is 1. The molecular formula is C29H36F3N7O2Sn. The van der Waals surface area contributed by atoms with E-state index in [0.717, 1.165) is 45.6 Å². The number of benzene rings is 2. The summed E-state index contributed by atoms with van der Waals surface area (Å²) in [4.78, 5) is 20.3. The molecule has 0 aliphatic heterocycles. The van der Waals surface area contributed by atoms with Gasteiger partial charge in [-0.1, -0.05) is 13.3 Å². The summed E-state index contributed by atoms with van der Waals surface area (Å²) in [5, 5.41) is 16.8. The molecule has 2 aromatic carbocycles. The number of hydrogen-bond donors (Lipinski definition) is 0. The topological polar surface area (TPSA) is 91.0 Å². The molecule has 1 amide bonds. The Morgan fingerprint density at radius 1 is 1.02 bits per heavy atom. The van der Waals surface area contributed by atoms with Crippen LogP contribution in [0.25, 0.3) is 22.5 Å². The van der Waals surface area contributed by atoms with Crippen LogP contribution in [0.1, 0.15) is 36.6 Å². The van der Waals surface area contributed by atoms with Crippen LogP contribution in [0, 0.1) is 0 Å². The third-order valence-electron chi connectivity index (χ3n) is 6.65. The van der Waals surface area contributed by atoms with Crippen molar-refractivity contribution in [1.82, 2.24) is 33.1 Å². The molecule has 4 aromatic rings. The van der Waals surface area contributed by atoms with Crippen molar-refractivity contribution in [1.29, 1.82) is 0 Å². The third-order valence-corrected chi connectivity index (χ3v) is 11.1. The van der Waals surface area contributed by atoms with Crippen LogP contribution in [-0.2, 0) is 19.4 Å². The molecule has 0 atom stereocenters. The molecule has 0 saturated carbocycles. The third kappa shape index (κ3) is 7.50.